The molecule has 2 rings (SSSR count). The van der Waals surface area contributed by atoms with Crippen molar-refractivity contribution in [1.29, 1.82) is 0 Å². The molecule has 0 aliphatic rings. The van der Waals surface area contributed by atoms with Crippen molar-refractivity contribution in [3.8, 4) is 0 Å². The summed E-state index contributed by atoms with van der Waals surface area (Å²) in [5, 5.41) is 0. The number of benzene rings is 1. The number of nitrogens with two attached hydrogens (primary N) is 1. The van der Waals surface area contributed by atoms with Crippen LogP contribution in [0.3, 0.4) is 0 Å². The predicted octanol–water partition coefficient (Wildman–Crippen LogP) is 1.47. The molecule has 1 aromatic heterocycles. The van der Waals surface area contributed by atoms with Crippen LogP contribution in [-0.2, 0) is 0 Å². The minimum atomic E-state index is -0.476. The maximum atomic E-state index is 10.8. The van der Waals surface area contributed by atoms with Crippen LogP contribution in [0.4, 0.5) is 5.69 Å². The first-order valence-electron chi connectivity index (χ1n) is 3.24. The van der Waals surface area contributed by atoms with Gasteiger partial charge in [0.05, 0.1) is 0 Å². The number of halogens is 1. The topological polar surface area (TPSA) is 72.0 Å². The van der Waals surface area contributed by atoms with Gasteiger partial charge in [0.25, 0.3) is 0 Å². The maximum absolute atomic E-state index is 10.8. The van der Waals surface area contributed by atoms with Gasteiger partial charge in [-0.15, -0.1) is 0 Å². The molecule has 12 heavy (non-hydrogen) atoms. The summed E-state index contributed by atoms with van der Waals surface area (Å²) < 4.78 is 5.53. The Morgan fingerprint density at radius 3 is 3.00 bits per heavy atom. The molecule has 0 saturated carbocycles. The number of anilines is 1. The number of hydrogen-bond acceptors (Lipinski definition) is 3. The van der Waals surface area contributed by atoms with Crippen LogP contribution in [0.2, 0.25) is 0 Å². The van der Waals surface area contributed by atoms with Crippen LogP contribution >= 0.6 is 15.9 Å². The lowest BCUT2D eigenvalue weighted by Gasteiger charge is -1.93. The molecule has 5 heteroatoms. The SMILES string of the molecule is Nc1cc(Br)c2[nH]c(=O)oc2c1. The van der Waals surface area contributed by atoms with Gasteiger partial charge in [0, 0.05) is 16.2 Å². The Labute approximate surface area is 75.5 Å². The molecule has 3 N–H and O–H groups in total. The minimum absolute atomic E-state index is 0.465. The molecule has 62 valence electrons. The summed E-state index contributed by atoms with van der Waals surface area (Å²) in [4.78, 5) is 13.3. The molecule has 0 radical (unpaired) electrons. The highest BCUT2D eigenvalue weighted by Gasteiger charge is 2.04. The molecule has 0 fully saturated rings. The molecule has 2 aromatic rings. The van der Waals surface area contributed by atoms with Gasteiger partial charge in [-0.2, -0.15) is 0 Å². The zero-order chi connectivity index (χ0) is 8.72. The summed E-state index contributed by atoms with van der Waals surface area (Å²) in [5.41, 5.74) is 7.18. The standard InChI is InChI=1S/C7H5BrN2O2/c8-4-1-3(9)2-5-6(4)10-7(11)12-5/h1-2H,9H2,(H,10,11). The maximum Gasteiger partial charge on any atom is 0.417 e. The molecule has 4 nitrogen and oxygen atoms in total. The van der Waals surface area contributed by atoms with Gasteiger partial charge < -0.3 is 10.2 Å². The molecule has 1 aromatic carbocycles. The van der Waals surface area contributed by atoms with E-state index in [0.29, 0.717) is 16.8 Å². The molecular weight excluding hydrogens is 224 g/mol. The Balaban J connectivity index is 2.97. The Morgan fingerprint density at radius 2 is 2.25 bits per heavy atom. The molecule has 0 unspecified atom stereocenters. The molecular formula is C7H5BrN2O2. The van der Waals surface area contributed by atoms with Crippen LogP contribution in [0.5, 0.6) is 0 Å². The quantitative estimate of drug-likeness (QED) is 0.671. The summed E-state index contributed by atoms with van der Waals surface area (Å²) in [6.45, 7) is 0. The van der Waals surface area contributed by atoms with E-state index in [1.165, 1.54) is 0 Å². The summed E-state index contributed by atoms with van der Waals surface area (Å²) in [6, 6.07) is 3.30. The molecule has 0 atom stereocenters. The lowest BCUT2D eigenvalue weighted by Crippen LogP contribution is -1.93. The number of nitrogens with one attached hydrogen (secondary N) is 1. The fraction of sp³-hybridized carbons (Fsp3) is 0. The van der Waals surface area contributed by atoms with Crippen LogP contribution < -0.4 is 11.5 Å². The van der Waals surface area contributed by atoms with Crippen molar-refractivity contribution in [2.75, 3.05) is 5.73 Å². The van der Waals surface area contributed by atoms with Crippen LogP contribution in [-0.4, -0.2) is 4.98 Å². The number of H-pyrrole nitrogens is 1. The van der Waals surface area contributed by atoms with E-state index in [2.05, 4.69) is 20.9 Å². The third-order valence-electron chi connectivity index (χ3n) is 1.51. The number of aromatic amines is 1. The third-order valence-corrected chi connectivity index (χ3v) is 2.13. The van der Waals surface area contributed by atoms with E-state index in [4.69, 9.17) is 10.2 Å². The third kappa shape index (κ3) is 1.02. The smallest absolute Gasteiger partial charge is 0.408 e. The zero-order valence-electron chi connectivity index (χ0n) is 5.93. The average Bonchev–Trinajstić information content (AvgIpc) is 2.29. The van der Waals surface area contributed by atoms with Gasteiger partial charge in [0.2, 0.25) is 0 Å². The van der Waals surface area contributed by atoms with Gasteiger partial charge >= 0.3 is 5.76 Å². The van der Waals surface area contributed by atoms with E-state index < -0.39 is 5.76 Å². The van der Waals surface area contributed by atoms with Gasteiger partial charge in [-0.05, 0) is 22.0 Å². The van der Waals surface area contributed by atoms with E-state index >= 15 is 0 Å². The Morgan fingerprint density at radius 1 is 1.50 bits per heavy atom. The second-order valence-corrected chi connectivity index (χ2v) is 3.24. The highest BCUT2D eigenvalue weighted by molar-refractivity contribution is 9.10. The van der Waals surface area contributed by atoms with E-state index in [1.807, 2.05) is 0 Å². The summed E-state index contributed by atoms with van der Waals surface area (Å²) in [7, 11) is 0. The van der Waals surface area contributed by atoms with Gasteiger partial charge in [-0.1, -0.05) is 0 Å². The first-order chi connectivity index (χ1) is 5.66. The number of aromatic nitrogens is 1. The molecule has 0 bridgehead atoms. The van der Waals surface area contributed by atoms with Gasteiger partial charge in [-0.3, -0.25) is 4.98 Å². The predicted molar refractivity (Wildman–Crippen MR) is 48.9 cm³/mol. The van der Waals surface area contributed by atoms with Crippen LogP contribution in [0, 0.1) is 0 Å². The van der Waals surface area contributed by atoms with Crippen molar-refractivity contribution >= 4 is 32.7 Å². The van der Waals surface area contributed by atoms with E-state index in [0.717, 1.165) is 4.47 Å². The van der Waals surface area contributed by atoms with Crippen molar-refractivity contribution in [2.45, 2.75) is 0 Å². The normalized spacial score (nSPS) is 10.8. The van der Waals surface area contributed by atoms with E-state index in [1.54, 1.807) is 12.1 Å². The van der Waals surface area contributed by atoms with Crippen molar-refractivity contribution in [1.82, 2.24) is 4.98 Å². The number of oxazole rings is 1. The first-order valence-corrected chi connectivity index (χ1v) is 4.04. The van der Waals surface area contributed by atoms with Crippen molar-refractivity contribution in [2.24, 2.45) is 0 Å². The summed E-state index contributed by atoms with van der Waals surface area (Å²) in [6.07, 6.45) is 0. The minimum Gasteiger partial charge on any atom is -0.408 e. The lowest BCUT2D eigenvalue weighted by molar-refractivity contribution is 0.555. The second-order valence-electron chi connectivity index (χ2n) is 2.39. The number of fused-ring (bicyclic) bond motifs is 1. The molecule has 0 aliphatic carbocycles. The largest absolute Gasteiger partial charge is 0.417 e. The summed E-state index contributed by atoms with van der Waals surface area (Å²) >= 11 is 3.25. The van der Waals surface area contributed by atoms with Crippen LogP contribution in [0.25, 0.3) is 11.1 Å². The van der Waals surface area contributed by atoms with Crippen LogP contribution in [0.15, 0.2) is 25.8 Å². The number of nitrogen functional groups attached to an aromatic ring is 1. The fourth-order valence-electron chi connectivity index (χ4n) is 1.03. The average molecular weight is 229 g/mol. The van der Waals surface area contributed by atoms with Crippen molar-refractivity contribution < 1.29 is 4.42 Å². The highest BCUT2D eigenvalue weighted by Crippen LogP contribution is 2.24. The first kappa shape index (κ1) is 7.42. The molecule has 0 saturated heterocycles. The Hall–Kier alpha value is -1.23. The molecule has 0 amide bonds. The highest BCUT2D eigenvalue weighted by atomic mass is 79.9. The second kappa shape index (κ2) is 2.38. The molecule has 1 heterocycles. The Kier molecular flexibility index (Phi) is 1.47. The van der Waals surface area contributed by atoms with Gasteiger partial charge in [-0.25, -0.2) is 4.79 Å². The molecule has 0 aliphatic heterocycles. The fourth-order valence-corrected chi connectivity index (χ4v) is 1.59. The summed E-state index contributed by atoms with van der Waals surface area (Å²) in [5.74, 6) is -0.476. The zero-order valence-corrected chi connectivity index (χ0v) is 7.51. The van der Waals surface area contributed by atoms with Crippen molar-refractivity contribution in [3.63, 3.8) is 0 Å². The number of rotatable bonds is 0. The van der Waals surface area contributed by atoms with E-state index in [9.17, 15) is 4.79 Å². The lowest BCUT2D eigenvalue weighted by atomic mass is 10.3. The van der Waals surface area contributed by atoms with Crippen LogP contribution in [0.1, 0.15) is 0 Å². The van der Waals surface area contributed by atoms with Crippen molar-refractivity contribution in [3.05, 3.63) is 27.2 Å². The number of hydrogen-bond donors (Lipinski definition) is 2. The molecule has 0 spiro atoms. The monoisotopic (exact) mass is 228 g/mol. The van der Waals surface area contributed by atoms with Gasteiger partial charge in [0.15, 0.2) is 5.58 Å². The van der Waals surface area contributed by atoms with Gasteiger partial charge in [0.1, 0.15) is 5.52 Å². The van der Waals surface area contributed by atoms with E-state index in [-0.39, 0.29) is 0 Å². The Bertz CT molecular complexity index is 486.